The maximum Gasteiger partial charge on any atom is 0.338 e. The van der Waals surface area contributed by atoms with Crippen molar-refractivity contribution in [2.24, 2.45) is 5.73 Å². The summed E-state index contributed by atoms with van der Waals surface area (Å²) in [6, 6.07) is 4.61. The molecule has 0 saturated heterocycles. The SMILES string of the molecule is CCOC(=O)c1ccc2c(c1)c(C(N)=O)nn2CC(=O)OC(C)(C)C. The van der Waals surface area contributed by atoms with Gasteiger partial charge in [-0.15, -0.1) is 0 Å². The molecule has 8 nitrogen and oxygen atoms in total. The van der Waals surface area contributed by atoms with E-state index in [1.807, 2.05) is 0 Å². The van der Waals surface area contributed by atoms with E-state index in [1.165, 1.54) is 10.7 Å². The summed E-state index contributed by atoms with van der Waals surface area (Å²) in [5.41, 5.74) is 5.47. The van der Waals surface area contributed by atoms with Crippen LogP contribution in [0.2, 0.25) is 0 Å². The maximum absolute atomic E-state index is 12.0. The Kier molecular flexibility index (Phi) is 5.10. The zero-order chi connectivity index (χ0) is 18.8. The summed E-state index contributed by atoms with van der Waals surface area (Å²) >= 11 is 0. The number of carbonyl (C=O) groups is 3. The number of fused-ring (bicyclic) bond motifs is 1. The van der Waals surface area contributed by atoms with Crippen LogP contribution < -0.4 is 5.73 Å². The van der Waals surface area contributed by atoms with E-state index in [4.69, 9.17) is 15.2 Å². The van der Waals surface area contributed by atoms with Crippen LogP contribution in [0.25, 0.3) is 10.9 Å². The van der Waals surface area contributed by atoms with Gasteiger partial charge < -0.3 is 15.2 Å². The Labute approximate surface area is 144 Å². The summed E-state index contributed by atoms with van der Waals surface area (Å²) in [5.74, 6) is -1.77. The van der Waals surface area contributed by atoms with Crippen LogP contribution in [0.15, 0.2) is 18.2 Å². The number of esters is 2. The Morgan fingerprint density at radius 1 is 1.24 bits per heavy atom. The van der Waals surface area contributed by atoms with Crippen molar-refractivity contribution in [3.63, 3.8) is 0 Å². The third-order valence-electron chi connectivity index (χ3n) is 3.19. The number of hydrogen-bond acceptors (Lipinski definition) is 6. The summed E-state index contributed by atoms with van der Waals surface area (Å²) in [6.45, 7) is 7.02. The van der Waals surface area contributed by atoms with Crippen LogP contribution in [0.5, 0.6) is 0 Å². The number of benzene rings is 1. The molecule has 2 aromatic rings. The molecule has 0 spiro atoms. The Bertz CT molecular complexity index is 833. The van der Waals surface area contributed by atoms with Gasteiger partial charge in [-0.1, -0.05) is 0 Å². The molecular formula is C17H21N3O5. The van der Waals surface area contributed by atoms with Gasteiger partial charge in [-0.05, 0) is 45.9 Å². The second kappa shape index (κ2) is 6.92. The topological polar surface area (TPSA) is 114 Å². The highest BCUT2D eigenvalue weighted by Crippen LogP contribution is 2.21. The minimum Gasteiger partial charge on any atom is -0.462 e. The van der Waals surface area contributed by atoms with E-state index in [1.54, 1.807) is 39.8 Å². The van der Waals surface area contributed by atoms with Gasteiger partial charge in [0.15, 0.2) is 5.69 Å². The minimum absolute atomic E-state index is 0.0234. The maximum atomic E-state index is 12.0. The fourth-order valence-corrected chi connectivity index (χ4v) is 2.32. The summed E-state index contributed by atoms with van der Waals surface area (Å²) < 4.78 is 11.5. The molecule has 134 valence electrons. The summed E-state index contributed by atoms with van der Waals surface area (Å²) in [4.78, 5) is 35.6. The van der Waals surface area contributed by atoms with E-state index in [-0.39, 0.29) is 24.4 Å². The fourth-order valence-electron chi connectivity index (χ4n) is 2.32. The van der Waals surface area contributed by atoms with Gasteiger partial charge in [0, 0.05) is 5.39 Å². The molecule has 0 atom stereocenters. The number of aromatic nitrogens is 2. The predicted octanol–water partition coefficient (Wildman–Crippen LogP) is 1.65. The number of carbonyl (C=O) groups excluding carboxylic acids is 3. The molecule has 0 aliphatic rings. The van der Waals surface area contributed by atoms with Crippen molar-refractivity contribution in [1.82, 2.24) is 9.78 Å². The highest BCUT2D eigenvalue weighted by Gasteiger charge is 2.21. The third kappa shape index (κ3) is 4.34. The predicted molar refractivity (Wildman–Crippen MR) is 90.1 cm³/mol. The Morgan fingerprint density at radius 2 is 1.92 bits per heavy atom. The Hall–Kier alpha value is -2.90. The molecule has 1 aromatic heterocycles. The average molecular weight is 347 g/mol. The third-order valence-corrected chi connectivity index (χ3v) is 3.19. The number of ether oxygens (including phenoxy) is 2. The quantitative estimate of drug-likeness (QED) is 0.823. The fraction of sp³-hybridized carbons (Fsp3) is 0.412. The molecule has 0 saturated carbocycles. The second-order valence-electron chi connectivity index (χ2n) is 6.41. The van der Waals surface area contributed by atoms with Crippen LogP contribution in [-0.4, -0.2) is 39.8 Å². The van der Waals surface area contributed by atoms with Crippen LogP contribution in [0, 0.1) is 0 Å². The Balaban J connectivity index is 2.44. The highest BCUT2D eigenvalue weighted by atomic mass is 16.6. The molecule has 1 aromatic carbocycles. The van der Waals surface area contributed by atoms with Gasteiger partial charge in [-0.25, -0.2) is 4.79 Å². The van der Waals surface area contributed by atoms with Gasteiger partial charge in [0.2, 0.25) is 0 Å². The Morgan fingerprint density at radius 3 is 2.48 bits per heavy atom. The standard InChI is InChI=1S/C17H21N3O5/c1-5-24-16(23)10-6-7-12-11(8-10)14(15(18)22)19-20(12)9-13(21)25-17(2,3)4/h6-8H,5,9H2,1-4H3,(H2,18,22). The van der Waals surface area contributed by atoms with Crippen LogP contribution in [-0.2, 0) is 20.8 Å². The molecule has 0 aliphatic carbocycles. The number of rotatable bonds is 5. The summed E-state index contributed by atoms with van der Waals surface area (Å²) in [7, 11) is 0. The van der Waals surface area contributed by atoms with E-state index >= 15 is 0 Å². The van der Waals surface area contributed by atoms with Crippen LogP contribution in [0.4, 0.5) is 0 Å². The lowest BCUT2D eigenvalue weighted by atomic mass is 10.1. The van der Waals surface area contributed by atoms with Crippen molar-refractivity contribution in [2.75, 3.05) is 6.61 Å². The monoisotopic (exact) mass is 347 g/mol. The number of nitrogens with zero attached hydrogens (tertiary/aromatic N) is 2. The number of hydrogen-bond donors (Lipinski definition) is 1. The zero-order valence-electron chi connectivity index (χ0n) is 14.7. The van der Waals surface area contributed by atoms with Crippen LogP contribution in [0.1, 0.15) is 48.5 Å². The molecule has 25 heavy (non-hydrogen) atoms. The number of primary amides is 1. The van der Waals surface area contributed by atoms with Crippen molar-refractivity contribution in [3.05, 3.63) is 29.5 Å². The molecule has 2 N–H and O–H groups in total. The van der Waals surface area contributed by atoms with Gasteiger partial charge in [-0.2, -0.15) is 5.10 Å². The lowest BCUT2D eigenvalue weighted by Gasteiger charge is -2.19. The summed E-state index contributed by atoms with van der Waals surface area (Å²) in [6.07, 6.45) is 0. The van der Waals surface area contributed by atoms with E-state index < -0.39 is 23.4 Å². The van der Waals surface area contributed by atoms with Gasteiger partial charge in [-0.3, -0.25) is 14.3 Å². The van der Waals surface area contributed by atoms with Gasteiger partial charge in [0.25, 0.3) is 5.91 Å². The number of nitrogens with two attached hydrogens (primary N) is 1. The first-order valence-electron chi connectivity index (χ1n) is 7.81. The minimum atomic E-state index is -0.756. The highest BCUT2D eigenvalue weighted by molar-refractivity contribution is 6.06. The molecule has 1 heterocycles. The van der Waals surface area contributed by atoms with Crippen LogP contribution in [0.3, 0.4) is 0 Å². The molecule has 0 unspecified atom stereocenters. The average Bonchev–Trinajstić information content (AvgIpc) is 2.83. The summed E-state index contributed by atoms with van der Waals surface area (Å²) in [5, 5.41) is 4.47. The van der Waals surface area contributed by atoms with Crippen molar-refractivity contribution < 1.29 is 23.9 Å². The molecule has 2 rings (SSSR count). The largest absolute Gasteiger partial charge is 0.462 e. The first-order chi connectivity index (χ1) is 11.6. The van der Waals surface area contributed by atoms with E-state index in [9.17, 15) is 14.4 Å². The lowest BCUT2D eigenvalue weighted by Crippen LogP contribution is -2.27. The van der Waals surface area contributed by atoms with Gasteiger partial charge >= 0.3 is 11.9 Å². The van der Waals surface area contributed by atoms with E-state index in [0.29, 0.717) is 10.9 Å². The zero-order valence-corrected chi connectivity index (χ0v) is 14.7. The van der Waals surface area contributed by atoms with E-state index in [0.717, 1.165) is 0 Å². The second-order valence-corrected chi connectivity index (χ2v) is 6.41. The van der Waals surface area contributed by atoms with Crippen LogP contribution >= 0.6 is 0 Å². The normalized spacial score (nSPS) is 11.4. The molecule has 1 amide bonds. The first kappa shape index (κ1) is 18.4. The molecule has 0 bridgehead atoms. The van der Waals surface area contributed by atoms with Crippen molar-refractivity contribution in [3.8, 4) is 0 Å². The van der Waals surface area contributed by atoms with E-state index in [2.05, 4.69) is 5.10 Å². The smallest absolute Gasteiger partial charge is 0.338 e. The van der Waals surface area contributed by atoms with Gasteiger partial charge in [0.05, 0.1) is 17.7 Å². The van der Waals surface area contributed by atoms with Gasteiger partial charge in [0.1, 0.15) is 12.1 Å². The molecule has 8 heteroatoms. The molecule has 0 fully saturated rings. The lowest BCUT2D eigenvalue weighted by molar-refractivity contribution is -0.155. The molecule has 0 aliphatic heterocycles. The van der Waals surface area contributed by atoms with Crippen molar-refractivity contribution >= 4 is 28.7 Å². The number of amides is 1. The first-order valence-corrected chi connectivity index (χ1v) is 7.81. The molecular weight excluding hydrogens is 326 g/mol. The van der Waals surface area contributed by atoms with Crippen molar-refractivity contribution in [1.29, 1.82) is 0 Å². The molecule has 0 radical (unpaired) electrons. The van der Waals surface area contributed by atoms with Crippen molar-refractivity contribution in [2.45, 2.75) is 39.8 Å².